The molecule has 0 bridgehead atoms. The van der Waals surface area contributed by atoms with Gasteiger partial charge in [-0.25, -0.2) is 4.79 Å². The van der Waals surface area contributed by atoms with E-state index in [1.54, 1.807) is 12.1 Å². The number of urea groups is 1. The van der Waals surface area contributed by atoms with Gasteiger partial charge < -0.3 is 10.2 Å². The molecule has 2 amide bonds. The van der Waals surface area contributed by atoms with Gasteiger partial charge in [0.1, 0.15) is 0 Å². The summed E-state index contributed by atoms with van der Waals surface area (Å²) >= 11 is 5.91. The van der Waals surface area contributed by atoms with E-state index in [1.165, 1.54) is 17.5 Å². The van der Waals surface area contributed by atoms with Crippen molar-refractivity contribution in [2.75, 3.05) is 31.5 Å². The molecule has 1 fully saturated rings. The number of halogens is 1. The zero-order valence-electron chi connectivity index (χ0n) is 15.5. The number of likely N-dealkylation sites (tertiary alicyclic amines) is 1. The molecular weight excluding hydrogens is 358 g/mol. The van der Waals surface area contributed by atoms with Crippen molar-refractivity contribution in [2.24, 2.45) is 5.92 Å². The molecule has 0 saturated carbocycles. The van der Waals surface area contributed by atoms with Crippen LogP contribution in [0.3, 0.4) is 0 Å². The number of nitrogens with one attached hydrogen (secondary N) is 1. The van der Waals surface area contributed by atoms with Gasteiger partial charge in [0, 0.05) is 43.4 Å². The van der Waals surface area contributed by atoms with Gasteiger partial charge >= 0.3 is 6.03 Å². The van der Waals surface area contributed by atoms with E-state index >= 15 is 0 Å². The number of carbonyl (C=O) groups excluding carboxylic acids is 1. The highest BCUT2D eigenvalue weighted by Gasteiger charge is 2.26. The van der Waals surface area contributed by atoms with Crippen molar-refractivity contribution >= 4 is 23.3 Å². The van der Waals surface area contributed by atoms with Crippen LogP contribution in [0.2, 0.25) is 5.02 Å². The van der Waals surface area contributed by atoms with Crippen LogP contribution in [0.1, 0.15) is 24.0 Å². The normalized spacial score (nSPS) is 20.2. The number of rotatable bonds is 3. The highest BCUT2D eigenvalue weighted by atomic mass is 35.5. The third-order valence-electron chi connectivity index (χ3n) is 5.63. The molecule has 4 nitrogen and oxygen atoms in total. The Morgan fingerprint density at radius 3 is 2.67 bits per heavy atom. The Morgan fingerprint density at radius 1 is 1.07 bits per heavy atom. The smallest absolute Gasteiger partial charge is 0.321 e. The van der Waals surface area contributed by atoms with Gasteiger partial charge in [0.05, 0.1) is 0 Å². The summed E-state index contributed by atoms with van der Waals surface area (Å²) in [6.45, 7) is 4.88. The van der Waals surface area contributed by atoms with E-state index in [2.05, 4.69) is 34.5 Å². The number of piperidine rings is 1. The Labute approximate surface area is 166 Å². The van der Waals surface area contributed by atoms with Crippen LogP contribution in [-0.4, -0.2) is 42.0 Å². The van der Waals surface area contributed by atoms with Gasteiger partial charge in [-0.05, 0) is 60.6 Å². The molecule has 0 aliphatic carbocycles. The SMILES string of the molecule is O=C(Nc1ccc(Cl)cc1)N1CCCC(CN2CCc3ccccc3C2)C1. The molecule has 1 unspecified atom stereocenters. The molecule has 0 radical (unpaired) electrons. The molecule has 1 N–H and O–H groups in total. The van der Waals surface area contributed by atoms with Crippen molar-refractivity contribution in [3.05, 3.63) is 64.7 Å². The summed E-state index contributed by atoms with van der Waals surface area (Å²) in [5.41, 5.74) is 3.73. The number of fused-ring (bicyclic) bond motifs is 1. The quantitative estimate of drug-likeness (QED) is 0.837. The summed E-state index contributed by atoms with van der Waals surface area (Å²) in [7, 11) is 0. The highest BCUT2D eigenvalue weighted by molar-refractivity contribution is 6.30. The Bertz CT molecular complexity index is 792. The van der Waals surface area contributed by atoms with E-state index in [1.807, 2.05) is 17.0 Å². The first-order valence-electron chi connectivity index (χ1n) is 9.78. The van der Waals surface area contributed by atoms with Crippen LogP contribution >= 0.6 is 11.6 Å². The molecule has 2 heterocycles. The largest absolute Gasteiger partial charge is 0.324 e. The third-order valence-corrected chi connectivity index (χ3v) is 5.88. The lowest BCUT2D eigenvalue weighted by Crippen LogP contribution is -2.46. The van der Waals surface area contributed by atoms with Crippen molar-refractivity contribution in [3.63, 3.8) is 0 Å². The number of anilines is 1. The maximum Gasteiger partial charge on any atom is 0.321 e. The molecule has 4 rings (SSSR count). The second-order valence-electron chi connectivity index (χ2n) is 7.65. The zero-order valence-corrected chi connectivity index (χ0v) is 16.3. The zero-order chi connectivity index (χ0) is 18.6. The average Bonchev–Trinajstić information content (AvgIpc) is 2.70. The number of amides is 2. The van der Waals surface area contributed by atoms with Gasteiger partial charge in [0.15, 0.2) is 0 Å². The number of benzene rings is 2. The summed E-state index contributed by atoms with van der Waals surface area (Å²) < 4.78 is 0. The van der Waals surface area contributed by atoms with E-state index in [0.29, 0.717) is 10.9 Å². The maximum absolute atomic E-state index is 12.6. The molecular formula is C22H26ClN3O. The second-order valence-corrected chi connectivity index (χ2v) is 8.08. The van der Waals surface area contributed by atoms with Crippen molar-refractivity contribution in [2.45, 2.75) is 25.8 Å². The molecule has 27 heavy (non-hydrogen) atoms. The van der Waals surface area contributed by atoms with Crippen molar-refractivity contribution < 1.29 is 4.79 Å². The van der Waals surface area contributed by atoms with Gasteiger partial charge in [-0.1, -0.05) is 35.9 Å². The Hall–Kier alpha value is -2.04. The Morgan fingerprint density at radius 2 is 1.85 bits per heavy atom. The third kappa shape index (κ3) is 4.63. The van der Waals surface area contributed by atoms with Crippen molar-refractivity contribution in [1.82, 2.24) is 9.80 Å². The minimum absolute atomic E-state index is 0.00832. The van der Waals surface area contributed by atoms with E-state index in [9.17, 15) is 4.79 Å². The first-order valence-corrected chi connectivity index (χ1v) is 10.2. The number of hydrogen-bond acceptors (Lipinski definition) is 2. The lowest BCUT2D eigenvalue weighted by atomic mass is 9.95. The minimum Gasteiger partial charge on any atom is -0.324 e. The summed E-state index contributed by atoms with van der Waals surface area (Å²) in [5.74, 6) is 0.542. The fourth-order valence-electron chi connectivity index (χ4n) is 4.21. The molecule has 2 aliphatic rings. The summed E-state index contributed by atoms with van der Waals surface area (Å²) in [6, 6.07) is 16.0. The predicted molar refractivity (Wildman–Crippen MR) is 110 cm³/mol. The van der Waals surface area contributed by atoms with Crippen LogP contribution in [0.25, 0.3) is 0 Å². The minimum atomic E-state index is -0.00832. The average molecular weight is 384 g/mol. The van der Waals surface area contributed by atoms with Crippen molar-refractivity contribution in [1.29, 1.82) is 0 Å². The predicted octanol–water partition coefficient (Wildman–Crippen LogP) is 4.64. The number of nitrogens with zero attached hydrogens (tertiary/aromatic N) is 2. The van der Waals surface area contributed by atoms with E-state index in [4.69, 9.17) is 11.6 Å². The number of carbonyl (C=O) groups is 1. The standard InChI is InChI=1S/C22H26ClN3O/c23-20-7-9-21(10-8-20)24-22(27)26-12-3-4-17(15-26)14-25-13-11-18-5-1-2-6-19(18)16-25/h1-2,5-10,17H,3-4,11-16H2,(H,24,27). The van der Waals surface area contributed by atoms with E-state index in [-0.39, 0.29) is 6.03 Å². The van der Waals surface area contributed by atoms with Gasteiger partial charge in [-0.2, -0.15) is 0 Å². The molecule has 0 spiro atoms. The first kappa shape index (κ1) is 18.3. The molecule has 2 aliphatic heterocycles. The maximum atomic E-state index is 12.6. The van der Waals surface area contributed by atoms with Crippen LogP contribution in [-0.2, 0) is 13.0 Å². The lowest BCUT2D eigenvalue weighted by Gasteiger charge is -2.37. The summed E-state index contributed by atoms with van der Waals surface area (Å²) in [6.07, 6.45) is 3.40. The number of hydrogen-bond donors (Lipinski definition) is 1. The molecule has 1 atom stereocenters. The van der Waals surface area contributed by atoms with Gasteiger partial charge in [-0.15, -0.1) is 0 Å². The van der Waals surface area contributed by atoms with Crippen LogP contribution in [0.15, 0.2) is 48.5 Å². The van der Waals surface area contributed by atoms with Gasteiger partial charge in [0.2, 0.25) is 0 Å². The lowest BCUT2D eigenvalue weighted by molar-refractivity contribution is 0.140. The molecule has 2 aromatic rings. The first-order chi connectivity index (χ1) is 13.2. The van der Waals surface area contributed by atoms with Crippen LogP contribution in [0.5, 0.6) is 0 Å². The monoisotopic (exact) mass is 383 g/mol. The Kier molecular flexibility index (Phi) is 5.65. The van der Waals surface area contributed by atoms with Gasteiger partial charge in [-0.3, -0.25) is 4.90 Å². The molecule has 2 aromatic carbocycles. The molecule has 1 saturated heterocycles. The van der Waals surface area contributed by atoms with Crippen LogP contribution in [0.4, 0.5) is 10.5 Å². The van der Waals surface area contributed by atoms with Gasteiger partial charge in [0.25, 0.3) is 0 Å². The summed E-state index contributed by atoms with van der Waals surface area (Å²) in [4.78, 5) is 17.1. The van der Waals surface area contributed by atoms with Crippen LogP contribution < -0.4 is 5.32 Å². The molecule has 0 aromatic heterocycles. The highest BCUT2D eigenvalue weighted by Crippen LogP contribution is 2.23. The fourth-order valence-corrected chi connectivity index (χ4v) is 4.34. The Balaban J connectivity index is 1.31. The molecule has 5 heteroatoms. The second kappa shape index (κ2) is 8.32. The fraction of sp³-hybridized carbons (Fsp3) is 0.409. The molecule has 142 valence electrons. The summed E-state index contributed by atoms with van der Waals surface area (Å²) in [5, 5.41) is 3.67. The van der Waals surface area contributed by atoms with Crippen LogP contribution in [0, 0.1) is 5.92 Å². The van der Waals surface area contributed by atoms with Crippen molar-refractivity contribution in [3.8, 4) is 0 Å². The van der Waals surface area contributed by atoms with E-state index < -0.39 is 0 Å². The topological polar surface area (TPSA) is 35.6 Å². The van der Waals surface area contributed by atoms with E-state index in [0.717, 1.165) is 51.3 Å².